The maximum absolute atomic E-state index is 13.8. The minimum Gasteiger partial charge on any atom is -0.479 e. The average Bonchev–Trinajstić information content (AvgIpc) is 3.65. The number of primary amides is 1. The second-order valence-electron chi connectivity index (χ2n) is 9.25. The third-order valence-electron chi connectivity index (χ3n) is 6.46. The first-order valence-electron chi connectivity index (χ1n) is 12.3. The molecule has 0 bridgehead atoms. The summed E-state index contributed by atoms with van der Waals surface area (Å²) in [5.74, 6) is -1.61. The van der Waals surface area contributed by atoms with Crippen molar-refractivity contribution in [1.29, 1.82) is 0 Å². The van der Waals surface area contributed by atoms with Gasteiger partial charge in [-0.1, -0.05) is 6.07 Å². The number of nitro benzene ring substituents is 1. The number of pyridine rings is 1. The number of hydrogen-bond acceptors (Lipinski definition) is 9. The minimum absolute atomic E-state index is 0.0106. The highest BCUT2D eigenvalue weighted by Crippen LogP contribution is 2.43. The van der Waals surface area contributed by atoms with Gasteiger partial charge in [-0.15, -0.1) is 11.3 Å². The molecule has 0 aliphatic carbocycles. The molecular formula is C27H22F2N6O6S. The van der Waals surface area contributed by atoms with Gasteiger partial charge in [0.25, 0.3) is 18.2 Å². The fourth-order valence-corrected chi connectivity index (χ4v) is 5.31. The molecule has 0 fully saturated rings. The van der Waals surface area contributed by atoms with E-state index in [1.165, 1.54) is 36.5 Å². The molecule has 0 saturated carbocycles. The highest BCUT2D eigenvalue weighted by molar-refractivity contribution is 7.21. The standard InChI is InChI=1S/C27H22F2N6O6S/c1-12-4-6-19(18(8-12)35(38)39)40-11-14-5-7-20(41-14)26(37)33-22-21-15(16-10-31-34(3)13(16)2)9-17(24(28)29)32-27(21)42-23(22)25(30)36/h4-10,24H,11H2,1-3H3,(H2,30,36)(H,33,37). The second-order valence-corrected chi connectivity index (χ2v) is 10.2. The highest BCUT2D eigenvalue weighted by Gasteiger charge is 2.27. The van der Waals surface area contributed by atoms with Gasteiger partial charge in [-0.3, -0.25) is 24.4 Å². The number of anilines is 1. The summed E-state index contributed by atoms with van der Waals surface area (Å²) in [6.45, 7) is 3.24. The molecule has 0 aliphatic heterocycles. The van der Waals surface area contributed by atoms with Crippen molar-refractivity contribution in [3.05, 3.63) is 86.1 Å². The molecule has 0 saturated heterocycles. The molecule has 0 aliphatic rings. The Balaban J connectivity index is 1.49. The van der Waals surface area contributed by atoms with E-state index in [0.717, 1.165) is 11.3 Å². The van der Waals surface area contributed by atoms with Gasteiger partial charge in [-0.25, -0.2) is 13.8 Å². The Labute approximate surface area is 239 Å². The third-order valence-corrected chi connectivity index (χ3v) is 7.56. The van der Waals surface area contributed by atoms with E-state index in [2.05, 4.69) is 15.4 Å². The Hall–Kier alpha value is -5.18. The maximum Gasteiger partial charge on any atom is 0.311 e. The summed E-state index contributed by atoms with van der Waals surface area (Å²) < 4.78 is 40.2. The number of rotatable bonds is 9. The molecule has 12 nitrogen and oxygen atoms in total. The lowest BCUT2D eigenvalue weighted by Crippen LogP contribution is -2.16. The predicted octanol–water partition coefficient (Wildman–Crippen LogP) is 5.68. The predicted molar refractivity (Wildman–Crippen MR) is 149 cm³/mol. The quantitative estimate of drug-likeness (QED) is 0.162. The van der Waals surface area contributed by atoms with Crippen molar-refractivity contribution in [3.8, 4) is 16.9 Å². The highest BCUT2D eigenvalue weighted by atomic mass is 32.1. The smallest absolute Gasteiger partial charge is 0.311 e. The number of ether oxygens (including phenoxy) is 1. The van der Waals surface area contributed by atoms with Crippen LogP contribution in [0.3, 0.4) is 0 Å². The van der Waals surface area contributed by atoms with Crippen LogP contribution in [-0.2, 0) is 13.7 Å². The summed E-state index contributed by atoms with van der Waals surface area (Å²) in [5, 5.41) is 18.4. The van der Waals surface area contributed by atoms with Gasteiger partial charge in [-0.05, 0) is 49.2 Å². The first-order chi connectivity index (χ1) is 19.9. The van der Waals surface area contributed by atoms with Crippen LogP contribution < -0.4 is 15.8 Å². The van der Waals surface area contributed by atoms with Crippen LogP contribution in [0.2, 0.25) is 0 Å². The number of aryl methyl sites for hydroxylation is 2. The van der Waals surface area contributed by atoms with Crippen molar-refractivity contribution in [2.24, 2.45) is 12.8 Å². The fourth-order valence-electron chi connectivity index (χ4n) is 4.29. The van der Waals surface area contributed by atoms with Gasteiger partial charge in [0.1, 0.15) is 27.8 Å². The van der Waals surface area contributed by atoms with E-state index in [0.29, 0.717) is 16.8 Å². The van der Waals surface area contributed by atoms with Crippen LogP contribution in [0.5, 0.6) is 5.75 Å². The van der Waals surface area contributed by atoms with E-state index in [-0.39, 0.29) is 55.9 Å². The number of fused-ring (bicyclic) bond motifs is 1. The van der Waals surface area contributed by atoms with Crippen LogP contribution in [0, 0.1) is 24.0 Å². The largest absolute Gasteiger partial charge is 0.479 e. The Morgan fingerprint density at radius 2 is 1.98 bits per heavy atom. The Morgan fingerprint density at radius 3 is 2.62 bits per heavy atom. The number of amides is 2. The van der Waals surface area contributed by atoms with Crippen molar-refractivity contribution in [2.45, 2.75) is 26.9 Å². The number of nitrogens with zero attached hydrogens (tertiary/aromatic N) is 4. The zero-order valence-electron chi connectivity index (χ0n) is 22.3. The normalized spacial score (nSPS) is 11.3. The SMILES string of the molecule is Cc1ccc(OCc2ccc(C(=O)Nc3c(C(N)=O)sc4nc(C(F)F)cc(-c5cnn(C)c5C)c34)o2)c([N+](=O)[O-])c1. The van der Waals surface area contributed by atoms with Crippen LogP contribution in [0.1, 0.15) is 49.4 Å². The molecule has 0 atom stereocenters. The minimum atomic E-state index is -2.90. The average molecular weight is 597 g/mol. The fraction of sp³-hybridized carbons (Fsp3) is 0.185. The van der Waals surface area contributed by atoms with E-state index in [1.807, 2.05) is 0 Å². The number of carbonyl (C=O) groups excluding carboxylic acids is 2. The summed E-state index contributed by atoms with van der Waals surface area (Å²) in [6.07, 6.45) is -1.41. The van der Waals surface area contributed by atoms with E-state index in [9.17, 15) is 28.5 Å². The number of alkyl halides is 2. The number of benzene rings is 1. The molecule has 15 heteroatoms. The number of nitrogens with one attached hydrogen (secondary N) is 1. The van der Waals surface area contributed by atoms with Crippen LogP contribution >= 0.6 is 11.3 Å². The van der Waals surface area contributed by atoms with Crippen molar-refractivity contribution in [2.75, 3.05) is 5.32 Å². The van der Waals surface area contributed by atoms with Crippen molar-refractivity contribution < 1.29 is 32.4 Å². The van der Waals surface area contributed by atoms with Gasteiger partial charge in [0, 0.05) is 29.8 Å². The van der Waals surface area contributed by atoms with Crippen LogP contribution in [0.15, 0.2) is 47.0 Å². The second kappa shape index (κ2) is 11.0. The van der Waals surface area contributed by atoms with Gasteiger partial charge in [0.15, 0.2) is 11.5 Å². The van der Waals surface area contributed by atoms with Gasteiger partial charge >= 0.3 is 5.69 Å². The molecule has 216 valence electrons. The molecule has 0 spiro atoms. The number of aromatic nitrogens is 3. The number of nitrogens with two attached hydrogens (primary N) is 1. The molecule has 1 aromatic carbocycles. The lowest BCUT2D eigenvalue weighted by atomic mass is 10.0. The van der Waals surface area contributed by atoms with E-state index in [1.54, 1.807) is 31.6 Å². The van der Waals surface area contributed by atoms with Crippen molar-refractivity contribution >= 4 is 44.7 Å². The first kappa shape index (κ1) is 28.4. The van der Waals surface area contributed by atoms with Crippen molar-refractivity contribution in [3.63, 3.8) is 0 Å². The number of nitro groups is 1. The first-order valence-corrected chi connectivity index (χ1v) is 13.1. The summed E-state index contributed by atoms with van der Waals surface area (Å²) in [7, 11) is 1.69. The molecule has 0 unspecified atom stereocenters. The molecule has 4 aromatic heterocycles. The van der Waals surface area contributed by atoms with Crippen LogP contribution in [0.25, 0.3) is 21.3 Å². The van der Waals surface area contributed by atoms with Gasteiger partial charge in [-0.2, -0.15) is 5.10 Å². The Kier molecular flexibility index (Phi) is 7.43. The van der Waals surface area contributed by atoms with Gasteiger partial charge in [0.2, 0.25) is 0 Å². The van der Waals surface area contributed by atoms with Gasteiger partial charge in [0.05, 0.1) is 16.8 Å². The molecule has 5 aromatic rings. The molecular weight excluding hydrogens is 574 g/mol. The molecule has 3 N–H and O–H groups in total. The number of halogens is 2. The van der Waals surface area contributed by atoms with Crippen LogP contribution in [0.4, 0.5) is 20.2 Å². The lowest BCUT2D eigenvalue weighted by molar-refractivity contribution is -0.386. The summed E-state index contributed by atoms with van der Waals surface area (Å²) in [4.78, 5) is 40.4. The van der Waals surface area contributed by atoms with Crippen LogP contribution in [-0.4, -0.2) is 31.5 Å². The number of carbonyl (C=O) groups is 2. The molecule has 2 amide bonds. The number of hydrogen-bond donors (Lipinski definition) is 2. The Morgan fingerprint density at radius 1 is 1.21 bits per heavy atom. The van der Waals surface area contributed by atoms with Gasteiger partial charge < -0.3 is 20.2 Å². The topological polar surface area (TPSA) is 168 Å². The zero-order valence-corrected chi connectivity index (χ0v) is 23.1. The molecule has 4 heterocycles. The van der Waals surface area contributed by atoms with E-state index in [4.69, 9.17) is 14.9 Å². The monoisotopic (exact) mass is 596 g/mol. The molecule has 0 radical (unpaired) electrons. The summed E-state index contributed by atoms with van der Waals surface area (Å²) in [5.41, 5.74) is 6.97. The maximum atomic E-state index is 13.8. The van der Waals surface area contributed by atoms with E-state index < -0.39 is 28.9 Å². The number of furan rings is 1. The third kappa shape index (κ3) is 5.28. The van der Waals surface area contributed by atoms with E-state index >= 15 is 0 Å². The van der Waals surface area contributed by atoms with Crippen molar-refractivity contribution in [1.82, 2.24) is 14.8 Å². The molecule has 42 heavy (non-hydrogen) atoms. The summed E-state index contributed by atoms with van der Waals surface area (Å²) >= 11 is 0.771. The zero-order chi connectivity index (χ0) is 30.3. The number of thiophene rings is 1. The summed E-state index contributed by atoms with van der Waals surface area (Å²) in [6, 6.07) is 8.50. The Bertz CT molecular complexity index is 1880. The lowest BCUT2D eigenvalue weighted by Gasteiger charge is -2.10. The molecule has 5 rings (SSSR count).